The van der Waals surface area contributed by atoms with Crippen molar-refractivity contribution in [1.82, 2.24) is 4.90 Å². The van der Waals surface area contributed by atoms with E-state index in [1.807, 2.05) is 13.8 Å². The quantitative estimate of drug-likeness (QED) is 0.261. The zero-order valence-electron chi connectivity index (χ0n) is 34.1. The van der Waals surface area contributed by atoms with Gasteiger partial charge < -0.3 is 42.8 Å². The molecule has 3 heterocycles. The smallest absolute Gasteiger partial charge is 0.306 e. The molecule has 2 saturated carbocycles. The molecule has 0 N–H and O–H groups in total. The fraction of sp³-hybridized carbons (Fsp3) is 0.905. The summed E-state index contributed by atoms with van der Waals surface area (Å²) in [6.45, 7) is 10.5. The number of esters is 1. The molecule has 0 aromatic carbocycles. The lowest BCUT2D eigenvalue weighted by molar-refractivity contribution is -0.314. The Bertz CT molecular complexity index is 1280. The molecule has 302 valence electrons. The number of hydrogen-bond donors (Lipinski definition) is 0. The number of likely N-dealkylation sites (N-methyl/N-ethyl adjacent to an activating group) is 1. The third-order valence-electron chi connectivity index (χ3n) is 14.1. The van der Waals surface area contributed by atoms with Gasteiger partial charge >= 0.3 is 5.97 Å². The van der Waals surface area contributed by atoms with Crippen LogP contribution in [0.5, 0.6) is 0 Å². The Kier molecular flexibility index (Phi) is 13.8. The molecule has 11 nitrogen and oxygen atoms in total. The molecule has 53 heavy (non-hydrogen) atoms. The first-order chi connectivity index (χ1) is 25.4. The molecule has 6 rings (SSSR count). The lowest BCUT2D eigenvalue weighted by atomic mass is 9.62. The Morgan fingerprint density at radius 1 is 0.830 bits per heavy atom. The fourth-order valence-corrected chi connectivity index (χ4v) is 11.4. The fourth-order valence-electron chi connectivity index (χ4n) is 11.4. The number of fused-ring (bicyclic) bond motifs is 5. The number of allylic oxidation sites excluding steroid dienone is 2. The van der Waals surface area contributed by atoms with Crippen molar-refractivity contribution in [3.8, 4) is 0 Å². The Labute approximate surface area is 318 Å². The summed E-state index contributed by atoms with van der Waals surface area (Å²) in [5.74, 6) is 0.945. The summed E-state index contributed by atoms with van der Waals surface area (Å²) in [6, 6.07) is 0.342. The third-order valence-corrected chi connectivity index (χ3v) is 14.1. The van der Waals surface area contributed by atoms with Crippen LogP contribution in [0.1, 0.15) is 98.8 Å². The number of hydrogen-bond acceptors (Lipinski definition) is 11. The van der Waals surface area contributed by atoms with Crippen molar-refractivity contribution in [2.75, 3.05) is 35.4 Å². The van der Waals surface area contributed by atoms with Gasteiger partial charge in [-0.15, -0.1) is 0 Å². The number of ketones is 1. The average molecular weight is 748 g/mol. The predicted octanol–water partition coefficient (Wildman–Crippen LogP) is 5.96. The molecule has 0 aromatic heterocycles. The highest BCUT2D eigenvalue weighted by Gasteiger charge is 2.56. The Balaban J connectivity index is 1.22. The van der Waals surface area contributed by atoms with Gasteiger partial charge in [0.15, 0.2) is 18.4 Å². The van der Waals surface area contributed by atoms with Crippen molar-refractivity contribution in [1.29, 1.82) is 0 Å². The van der Waals surface area contributed by atoms with Gasteiger partial charge in [0.25, 0.3) is 0 Å². The van der Waals surface area contributed by atoms with Crippen LogP contribution >= 0.6 is 0 Å². The molecule has 0 amide bonds. The summed E-state index contributed by atoms with van der Waals surface area (Å²) in [6.07, 6.45) is 7.69. The summed E-state index contributed by atoms with van der Waals surface area (Å²) in [7, 11) is 9.19. The number of carbonyl (C=O) groups is 2. The maximum Gasteiger partial charge on any atom is 0.306 e. The topological polar surface area (TPSA) is 111 Å². The second-order valence-electron chi connectivity index (χ2n) is 17.4. The van der Waals surface area contributed by atoms with Crippen molar-refractivity contribution >= 4 is 11.8 Å². The largest absolute Gasteiger partial charge is 0.462 e. The molecule has 5 fully saturated rings. The number of nitrogens with zero attached hydrogens (tertiary/aromatic N) is 1. The van der Waals surface area contributed by atoms with E-state index in [1.165, 1.54) is 0 Å². The molecule has 0 bridgehead atoms. The van der Waals surface area contributed by atoms with E-state index in [1.54, 1.807) is 21.3 Å². The van der Waals surface area contributed by atoms with E-state index in [0.29, 0.717) is 23.8 Å². The predicted molar refractivity (Wildman–Crippen MR) is 199 cm³/mol. The van der Waals surface area contributed by atoms with Crippen molar-refractivity contribution < 1.29 is 47.5 Å². The SMILES string of the molecule is CC[C@H]1CCC[C@H](O[C@H]2CC[C@H](N(C)C)C(C)O2)[C@@H](C)C(=O)C2=C[C@H]3[C@@H]4C[C@H](O[C@@H]5OC(C)[C@H](OC)C(OC)[C@@H]5OC)C[C@H]4CC(C)[C@H]3[C@@H]2CC(=O)O1. The molecule has 3 aliphatic heterocycles. The van der Waals surface area contributed by atoms with E-state index in [0.717, 1.165) is 63.4 Å². The first-order valence-electron chi connectivity index (χ1n) is 20.7. The van der Waals surface area contributed by atoms with Gasteiger partial charge in [0.1, 0.15) is 24.4 Å². The Morgan fingerprint density at radius 2 is 1.57 bits per heavy atom. The second-order valence-corrected chi connectivity index (χ2v) is 17.4. The van der Waals surface area contributed by atoms with Crippen molar-refractivity contribution in [2.45, 2.75) is 166 Å². The van der Waals surface area contributed by atoms with Gasteiger partial charge in [0, 0.05) is 39.2 Å². The highest BCUT2D eigenvalue weighted by atomic mass is 16.7. The van der Waals surface area contributed by atoms with Crippen LogP contribution in [-0.2, 0) is 47.5 Å². The molecule has 3 aliphatic carbocycles. The van der Waals surface area contributed by atoms with Gasteiger partial charge in [-0.25, -0.2) is 0 Å². The molecule has 4 unspecified atom stereocenters. The number of carbonyl (C=O) groups excluding carboxylic acids is 2. The molecule has 0 spiro atoms. The zero-order chi connectivity index (χ0) is 38.1. The lowest BCUT2D eigenvalue weighted by Crippen LogP contribution is -2.59. The number of Topliss-reactive ketones (excluding diaryl/α,β-unsaturated/α-hetero) is 1. The van der Waals surface area contributed by atoms with E-state index < -0.39 is 12.4 Å². The summed E-state index contributed by atoms with van der Waals surface area (Å²) in [5, 5.41) is 0. The molecular weight excluding hydrogens is 678 g/mol. The number of rotatable bonds is 9. The minimum Gasteiger partial charge on any atom is -0.462 e. The maximum atomic E-state index is 14.8. The van der Waals surface area contributed by atoms with Gasteiger partial charge in [0.2, 0.25) is 0 Å². The van der Waals surface area contributed by atoms with Crippen LogP contribution in [0.15, 0.2) is 11.6 Å². The van der Waals surface area contributed by atoms with Gasteiger partial charge in [-0.2, -0.15) is 0 Å². The molecular formula is C42H69NO10. The van der Waals surface area contributed by atoms with E-state index in [-0.39, 0.29) is 90.9 Å². The lowest BCUT2D eigenvalue weighted by Gasteiger charge is -2.44. The van der Waals surface area contributed by atoms with Crippen molar-refractivity contribution in [2.24, 2.45) is 41.4 Å². The van der Waals surface area contributed by atoms with E-state index in [9.17, 15) is 9.59 Å². The van der Waals surface area contributed by atoms with Gasteiger partial charge in [-0.3, -0.25) is 9.59 Å². The minimum atomic E-state index is -0.577. The summed E-state index contributed by atoms with van der Waals surface area (Å²) >= 11 is 0. The molecule has 0 aromatic rings. The first kappa shape index (κ1) is 41.2. The van der Waals surface area contributed by atoms with E-state index in [4.69, 9.17) is 37.9 Å². The van der Waals surface area contributed by atoms with Crippen LogP contribution in [0.3, 0.4) is 0 Å². The zero-order valence-corrected chi connectivity index (χ0v) is 34.1. The van der Waals surface area contributed by atoms with Gasteiger partial charge in [0.05, 0.1) is 30.8 Å². The molecule has 3 saturated heterocycles. The van der Waals surface area contributed by atoms with Crippen molar-refractivity contribution in [3.05, 3.63) is 11.6 Å². The second kappa shape index (κ2) is 17.8. The Hall–Kier alpha value is -1.44. The van der Waals surface area contributed by atoms with Gasteiger partial charge in [-0.05, 0) is 121 Å². The highest BCUT2D eigenvalue weighted by molar-refractivity contribution is 5.99. The monoisotopic (exact) mass is 747 g/mol. The van der Waals surface area contributed by atoms with Crippen LogP contribution in [0.4, 0.5) is 0 Å². The molecule has 11 heteroatoms. The Morgan fingerprint density at radius 3 is 2.23 bits per heavy atom. The summed E-state index contributed by atoms with van der Waals surface area (Å²) in [5.41, 5.74) is 0.812. The minimum absolute atomic E-state index is 0.0138. The maximum absolute atomic E-state index is 14.8. The number of cyclic esters (lactones) is 1. The van der Waals surface area contributed by atoms with Gasteiger partial charge in [-0.1, -0.05) is 26.8 Å². The highest BCUT2D eigenvalue weighted by Crippen LogP contribution is 2.58. The third kappa shape index (κ3) is 8.63. The molecule has 6 aliphatic rings. The standard InChI is InChI=1S/C42H69NO10/c1-11-27-13-12-14-34(53-36-16-15-33(43(6)7)24(4)49-36)23(3)38(45)32-20-30-29-19-28(18-26(29)17-22(2)37(30)31(32)21-35(44)51-27)52-42-41(48-10)40(47-9)39(46-8)25(5)50-42/h20,22-31,33-34,36-37,39-42H,11-19,21H2,1-10H3/t22?,23-,24?,25?,26-,27+,28-,29-,30+,31-,33+,34+,36+,37-,39+,40?,41+,42+/m1/s1. The summed E-state index contributed by atoms with van der Waals surface area (Å²) < 4.78 is 49.9. The van der Waals surface area contributed by atoms with Crippen molar-refractivity contribution in [3.63, 3.8) is 0 Å². The molecule has 18 atom stereocenters. The summed E-state index contributed by atoms with van der Waals surface area (Å²) in [4.78, 5) is 30.6. The normalized spacial score (nSPS) is 46.8. The number of methoxy groups -OCH3 is 3. The first-order valence-corrected chi connectivity index (χ1v) is 20.7. The van der Waals surface area contributed by atoms with Crippen LogP contribution in [0.25, 0.3) is 0 Å². The van der Waals surface area contributed by atoms with Crippen LogP contribution in [-0.4, -0.2) is 120 Å². The van der Waals surface area contributed by atoms with Crippen LogP contribution in [0.2, 0.25) is 0 Å². The number of ether oxygens (including phenoxy) is 8. The molecule has 0 radical (unpaired) electrons. The average Bonchev–Trinajstić information content (AvgIpc) is 3.70. The van der Waals surface area contributed by atoms with Crippen LogP contribution < -0.4 is 0 Å². The van der Waals surface area contributed by atoms with Crippen LogP contribution in [0, 0.1) is 41.4 Å². The van der Waals surface area contributed by atoms with E-state index in [2.05, 4.69) is 45.8 Å². The van der Waals surface area contributed by atoms with E-state index >= 15 is 0 Å².